The molecule has 0 saturated carbocycles. The lowest BCUT2D eigenvalue weighted by Crippen LogP contribution is -2.45. The number of aryl methyl sites for hydroxylation is 1. The summed E-state index contributed by atoms with van der Waals surface area (Å²) in [7, 11) is 0. The lowest BCUT2D eigenvalue weighted by atomic mass is 9.72. The van der Waals surface area contributed by atoms with Crippen LogP contribution in [0.3, 0.4) is 0 Å². The molecule has 1 aromatic heterocycles. The number of carbonyl (C=O) groups is 1. The number of fused-ring (bicyclic) bond motifs is 1. The lowest BCUT2D eigenvalue weighted by Gasteiger charge is -2.43. The summed E-state index contributed by atoms with van der Waals surface area (Å²) in [5.74, 6) is 0.495. The maximum Gasteiger partial charge on any atom is 0.289 e. The second kappa shape index (κ2) is 5.64. The van der Waals surface area contributed by atoms with E-state index in [9.17, 15) is 4.79 Å². The maximum atomic E-state index is 12.7. The van der Waals surface area contributed by atoms with Crippen molar-refractivity contribution >= 4 is 16.9 Å². The van der Waals surface area contributed by atoms with E-state index in [4.69, 9.17) is 4.74 Å². The van der Waals surface area contributed by atoms with E-state index < -0.39 is 0 Å². The molecule has 4 rings (SSSR count). The van der Waals surface area contributed by atoms with E-state index in [1.54, 1.807) is 0 Å². The highest BCUT2D eigenvalue weighted by Crippen LogP contribution is 2.40. The average Bonchev–Trinajstić information content (AvgIpc) is 2.99. The van der Waals surface area contributed by atoms with Gasteiger partial charge >= 0.3 is 0 Å². The van der Waals surface area contributed by atoms with Crippen LogP contribution in [0.25, 0.3) is 11.0 Å². The number of nitrogens with zero attached hydrogens (tertiary/aromatic N) is 2. The molecule has 5 nitrogen and oxygen atoms in total. The number of hydrogen-bond donors (Lipinski definition) is 1. The first-order chi connectivity index (χ1) is 11.2. The van der Waals surface area contributed by atoms with Crippen molar-refractivity contribution in [2.24, 2.45) is 5.41 Å². The van der Waals surface area contributed by atoms with Crippen molar-refractivity contribution in [2.45, 2.75) is 32.6 Å². The van der Waals surface area contributed by atoms with Crippen LogP contribution in [-0.2, 0) is 4.74 Å². The molecule has 0 unspecified atom stereocenters. The number of aromatic nitrogens is 2. The zero-order valence-electron chi connectivity index (χ0n) is 13.6. The second-order valence-electron chi connectivity index (χ2n) is 7.01. The van der Waals surface area contributed by atoms with E-state index in [1.165, 1.54) is 5.56 Å². The number of imidazole rings is 1. The Morgan fingerprint density at radius 2 is 1.96 bits per heavy atom. The number of nitrogens with one attached hydrogen (secondary N) is 1. The normalized spacial score (nSPS) is 21.0. The third kappa shape index (κ3) is 2.74. The molecule has 0 atom stereocenters. The predicted octanol–water partition coefficient (Wildman–Crippen LogP) is 2.90. The largest absolute Gasteiger partial charge is 0.381 e. The monoisotopic (exact) mass is 313 g/mol. The number of H-pyrrole nitrogens is 1. The molecule has 2 saturated heterocycles. The topological polar surface area (TPSA) is 58.2 Å². The van der Waals surface area contributed by atoms with E-state index in [-0.39, 0.29) is 5.91 Å². The summed E-state index contributed by atoms with van der Waals surface area (Å²) in [5, 5.41) is 0. The molecule has 0 bridgehead atoms. The third-order valence-corrected chi connectivity index (χ3v) is 5.50. The zero-order valence-corrected chi connectivity index (χ0v) is 13.6. The first-order valence-corrected chi connectivity index (χ1v) is 8.49. The Morgan fingerprint density at radius 1 is 1.22 bits per heavy atom. The van der Waals surface area contributed by atoms with Crippen molar-refractivity contribution in [2.75, 3.05) is 26.3 Å². The van der Waals surface area contributed by atoms with Crippen LogP contribution in [0.1, 0.15) is 41.9 Å². The fourth-order valence-corrected chi connectivity index (χ4v) is 3.86. The molecule has 0 radical (unpaired) electrons. The fourth-order valence-electron chi connectivity index (χ4n) is 3.86. The highest BCUT2D eigenvalue weighted by molar-refractivity contribution is 5.94. The predicted molar refractivity (Wildman–Crippen MR) is 88.5 cm³/mol. The van der Waals surface area contributed by atoms with E-state index in [2.05, 4.69) is 9.97 Å². The highest BCUT2D eigenvalue weighted by Gasteiger charge is 2.37. The van der Waals surface area contributed by atoms with Gasteiger partial charge in [0.05, 0.1) is 11.0 Å². The SMILES string of the molecule is Cc1ccc2nc(C(=O)N3CCC4(CCOCC4)CC3)[nH]c2c1. The second-order valence-corrected chi connectivity index (χ2v) is 7.01. The van der Waals surface area contributed by atoms with Crippen LogP contribution in [0.4, 0.5) is 0 Å². The van der Waals surface area contributed by atoms with Gasteiger partial charge in [0.2, 0.25) is 0 Å². The first-order valence-electron chi connectivity index (χ1n) is 8.49. The number of rotatable bonds is 1. The van der Waals surface area contributed by atoms with E-state index in [0.29, 0.717) is 11.2 Å². The quantitative estimate of drug-likeness (QED) is 0.880. The fraction of sp³-hybridized carbons (Fsp3) is 0.556. The summed E-state index contributed by atoms with van der Waals surface area (Å²) in [6.45, 7) is 5.44. The van der Waals surface area contributed by atoms with Gasteiger partial charge in [-0.05, 0) is 55.7 Å². The molecule has 0 aliphatic carbocycles. The lowest BCUT2D eigenvalue weighted by molar-refractivity contribution is -0.0177. The summed E-state index contributed by atoms with van der Waals surface area (Å²) in [6, 6.07) is 6.02. The Kier molecular flexibility index (Phi) is 3.60. The third-order valence-electron chi connectivity index (χ3n) is 5.50. The van der Waals surface area contributed by atoms with Crippen molar-refractivity contribution in [1.29, 1.82) is 0 Å². The van der Waals surface area contributed by atoms with Crippen LogP contribution in [0.5, 0.6) is 0 Å². The molecule has 2 fully saturated rings. The molecule has 3 heterocycles. The van der Waals surface area contributed by atoms with Crippen LogP contribution in [0.2, 0.25) is 0 Å². The summed E-state index contributed by atoms with van der Waals surface area (Å²) < 4.78 is 5.49. The van der Waals surface area contributed by atoms with Crippen molar-refractivity contribution < 1.29 is 9.53 Å². The van der Waals surface area contributed by atoms with Gasteiger partial charge in [0.25, 0.3) is 5.91 Å². The van der Waals surface area contributed by atoms with Crippen LogP contribution in [0.15, 0.2) is 18.2 Å². The van der Waals surface area contributed by atoms with Crippen molar-refractivity contribution in [3.63, 3.8) is 0 Å². The van der Waals surface area contributed by atoms with Gasteiger partial charge in [-0.3, -0.25) is 4.79 Å². The molecule has 2 aliphatic rings. The number of hydrogen-bond acceptors (Lipinski definition) is 3. The molecule has 122 valence electrons. The molecule has 1 amide bonds. The van der Waals surface area contributed by atoms with Gasteiger partial charge in [0.1, 0.15) is 0 Å². The zero-order chi connectivity index (χ0) is 15.9. The number of benzene rings is 1. The number of piperidine rings is 1. The van der Waals surface area contributed by atoms with Gasteiger partial charge in [-0.15, -0.1) is 0 Å². The van der Waals surface area contributed by atoms with Crippen molar-refractivity contribution in [1.82, 2.24) is 14.9 Å². The molecule has 2 aromatic rings. The molecule has 1 N–H and O–H groups in total. The van der Waals surface area contributed by atoms with Crippen LogP contribution >= 0.6 is 0 Å². The van der Waals surface area contributed by atoms with Crippen molar-refractivity contribution in [3.05, 3.63) is 29.6 Å². The minimum Gasteiger partial charge on any atom is -0.381 e. The summed E-state index contributed by atoms with van der Waals surface area (Å²) in [4.78, 5) is 22.3. The average molecular weight is 313 g/mol. The Morgan fingerprint density at radius 3 is 2.70 bits per heavy atom. The van der Waals surface area contributed by atoms with Gasteiger partial charge in [0, 0.05) is 26.3 Å². The Labute approximate surface area is 136 Å². The maximum absolute atomic E-state index is 12.7. The standard InChI is InChI=1S/C18H23N3O2/c1-13-2-3-14-15(12-13)20-16(19-14)17(22)21-8-4-18(5-9-21)6-10-23-11-7-18/h2-3,12H,4-11H2,1H3,(H,19,20). The molecule has 23 heavy (non-hydrogen) atoms. The Balaban J connectivity index is 1.48. The Hall–Kier alpha value is -1.88. The minimum absolute atomic E-state index is 0.0285. The van der Waals surface area contributed by atoms with Gasteiger partial charge in [-0.2, -0.15) is 0 Å². The van der Waals surface area contributed by atoms with Gasteiger partial charge in [-0.1, -0.05) is 6.07 Å². The number of aromatic amines is 1. The Bertz CT molecular complexity index is 721. The number of ether oxygens (including phenoxy) is 1. The number of carbonyl (C=O) groups excluding carboxylic acids is 1. The molecule has 5 heteroatoms. The smallest absolute Gasteiger partial charge is 0.289 e. The minimum atomic E-state index is 0.0285. The number of likely N-dealkylation sites (tertiary alicyclic amines) is 1. The highest BCUT2D eigenvalue weighted by atomic mass is 16.5. The molecule has 1 spiro atoms. The van der Waals surface area contributed by atoms with Crippen LogP contribution in [0, 0.1) is 12.3 Å². The van der Waals surface area contributed by atoms with Crippen molar-refractivity contribution in [3.8, 4) is 0 Å². The summed E-state index contributed by atoms with van der Waals surface area (Å²) in [6.07, 6.45) is 4.45. The van der Waals surface area contributed by atoms with Crippen LogP contribution < -0.4 is 0 Å². The van der Waals surface area contributed by atoms with E-state index in [1.807, 2.05) is 30.0 Å². The molecule has 2 aliphatic heterocycles. The van der Waals surface area contributed by atoms with Gasteiger partial charge < -0.3 is 14.6 Å². The van der Waals surface area contributed by atoms with Crippen LogP contribution in [-0.4, -0.2) is 47.1 Å². The van der Waals surface area contributed by atoms with Gasteiger partial charge in [0.15, 0.2) is 5.82 Å². The van der Waals surface area contributed by atoms with Gasteiger partial charge in [-0.25, -0.2) is 4.98 Å². The van der Waals surface area contributed by atoms with E-state index in [0.717, 1.165) is 63.0 Å². The molecular weight excluding hydrogens is 290 g/mol. The molecule has 1 aromatic carbocycles. The first kappa shape index (κ1) is 14.7. The molecular formula is C18H23N3O2. The summed E-state index contributed by atoms with van der Waals surface area (Å²) in [5.41, 5.74) is 3.36. The summed E-state index contributed by atoms with van der Waals surface area (Å²) >= 11 is 0. The van der Waals surface area contributed by atoms with E-state index >= 15 is 0 Å². The number of amides is 1.